The van der Waals surface area contributed by atoms with Crippen LogP contribution in [0.3, 0.4) is 0 Å². The van der Waals surface area contributed by atoms with Gasteiger partial charge in [-0.05, 0) is 39.7 Å². The molecule has 0 spiro atoms. The van der Waals surface area contributed by atoms with Gasteiger partial charge in [0, 0.05) is 12.1 Å². The van der Waals surface area contributed by atoms with Gasteiger partial charge in [0.15, 0.2) is 4.67 Å². The highest BCUT2D eigenvalue weighted by Crippen LogP contribution is 2.19. The molecule has 0 bridgehead atoms. The lowest BCUT2D eigenvalue weighted by atomic mass is 10.1. The third kappa shape index (κ3) is 3.39. The van der Waals surface area contributed by atoms with Gasteiger partial charge >= 0.3 is 0 Å². The van der Waals surface area contributed by atoms with Gasteiger partial charge in [0.1, 0.15) is 5.84 Å². The number of furan rings is 1. The zero-order valence-corrected chi connectivity index (χ0v) is 11.9. The van der Waals surface area contributed by atoms with Crippen LogP contribution < -0.4 is 11.1 Å². The van der Waals surface area contributed by atoms with Crippen LogP contribution in [0.2, 0.25) is 0 Å². The molecule has 1 heterocycles. The van der Waals surface area contributed by atoms with Crippen LogP contribution >= 0.6 is 15.9 Å². The summed E-state index contributed by atoms with van der Waals surface area (Å²) in [5, 5.41) is 14.1. The molecule has 4 N–H and O–H groups in total. The molecule has 1 aromatic carbocycles. The lowest BCUT2D eigenvalue weighted by Gasteiger charge is -2.05. The van der Waals surface area contributed by atoms with E-state index >= 15 is 0 Å². The average Bonchev–Trinajstić information content (AvgIpc) is 2.87. The highest BCUT2D eigenvalue weighted by atomic mass is 79.9. The van der Waals surface area contributed by atoms with Crippen molar-refractivity contribution >= 4 is 33.4 Å². The van der Waals surface area contributed by atoms with E-state index in [4.69, 9.17) is 15.4 Å². The average molecular weight is 338 g/mol. The number of nitrogens with zero attached hydrogens (tertiary/aromatic N) is 1. The Labute approximate surface area is 123 Å². The van der Waals surface area contributed by atoms with E-state index in [0.717, 1.165) is 5.56 Å². The van der Waals surface area contributed by atoms with Crippen LogP contribution in [-0.4, -0.2) is 17.0 Å². The molecule has 0 saturated carbocycles. The van der Waals surface area contributed by atoms with Crippen molar-refractivity contribution in [1.82, 2.24) is 0 Å². The Morgan fingerprint density at radius 2 is 2.05 bits per heavy atom. The van der Waals surface area contributed by atoms with E-state index in [1.807, 2.05) is 0 Å². The van der Waals surface area contributed by atoms with Crippen molar-refractivity contribution in [3.8, 4) is 0 Å². The van der Waals surface area contributed by atoms with E-state index < -0.39 is 0 Å². The predicted octanol–water partition coefficient (Wildman–Crippen LogP) is 2.58. The standard InChI is InChI=1S/C13H12BrN3O3/c14-12-10(5-6-20-12)13(18)16-9-3-1-8(2-4-9)7-11(15)17-19/h1-6,19H,7H2,(H2,15,17)(H,16,18). The molecule has 2 rings (SSSR count). The number of anilines is 1. The predicted molar refractivity (Wildman–Crippen MR) is 77.9 cm³/mol. The second-order valence-electron chi connectivity index (χ2n) is 4.03. The summed E-state index contributed by atoms with van der Waals surface area (Å²) in [4.78, 5) is 11.9. The van der Waals surface area contributed by atoms with Gasteiger partial charge in [-0.15, -0.1) is 0 Å². The van der Waals surface area contributed by atoms with Crippen molar-refractivity contribution in [3.63, 3.8) is 0 Å². The summed E-state index contributed by atoms with van der Waals surface area (Å²) < 4.78 is 5.39. The summed E-state index contributed by atoms with van der Waals surface area (Å²) in [6, 6.07) is 8.64. The zero-order chi connectivity index (χ0) is 14.5. The molecule has 0 atom stereocenters. The Hall–Kier alpha value is -2.28. The van der Waals surface area contributed by atoms with E-state index in [1.165, 1.54) is 6.26 Å². The Morgan fingerprint density at radius 3 is 2.60 bits per heavy atom. The number of halogens is 1. The van der Waals surface area contributed by atoms with E-state index in [-0.39, 0.29) is 11.7 Å². The van der Waals surface area contributed by atoms with Crippen molar-refractivity contribution in [1.29, 1.82) is 0 Å². The number of hydrogen-bond donors (Lipinski definition) is 3. The number of oxime groups is 1. The highest BCUT2D eigenvalue weighted by molar-refractivity contribution is 9.10. The lowest BCUT2D eigenvalue weighted by molar-refractivity contribution is 0.102. The number of carbonyl (C=O) groups is 1. The summed E-state index contributed by atoms with van der Waals surface area (Å²) in [6.07, 6.45) is 1.77. The molecule has 0 radical (unpaired) electrons. The minimum atomic E-state index is -0.269. The molecule has 0 aliphatic rings. The molecular weight excluding hydrogens is 326 g/mol. The largest absolute Gasteiger partial charge is 0.457 e. The smallest absolute Gasteiger partial charge is 0.260 e. The minimum absolute atomic E-state index is 0.129. The molecule has 104 valence electrons. The Morgan fingerprint density at radius 1 is 1.35 bits per heavy atom. The quantitative estimate of drug-likeness (QED) is 0.345. The van der Waals surface area contributed by atoms with Crippen LogP contribution in [-0.2, 0) is 6.42 Å². The van der Waals surface area contributed by atoms with Gasteiger partial charge in [-0.25, -0.2) is 0 Å². The summed E-state index contributed by atoms with van der Waals surface area (Å²) in [7, 11) is 0. The summed E-state index contributed by atoms with van der Waals surface area (Å²) in [5.74, 6) is -0.140. The number of amidine groups is 1. The number of carbonyl (C=O) groups excluding carboxylic acids is 1. The fraction of sp³-hybridized carbons (Fsp3) is 0.0769. The SMILES string of the molecule is N/C(Cc1ccc(NC(=O)c2ccoc2Br)cc1)=N/O. The number of amides is 1. The number of nitrogens with one attached hydrogen (secondary N) is 1. The van der Waals surface area contributed by atoms with Crippen LogP contribution in [0, 0.1) is 0 Å². The van der Waals surface area contributed by atoms with Crippen LogP contribution in [0.25, 0.3) is 0 Å². The van der Waals surface area contributed by atoms with E-state index in [1.54, 1.807) is 30.3 Å². The first-order chi connectivity index (χ1) is 9.60. The molecule has 0 aliphatic carbocycles. The summed E-state index contributed by atoms with van der Waals surface area (Å²) in [6.45, 7) is 0. The molecular formula is C13H12BrN3O3. The molecule has 2 aromatic rings. The first-order valence-corrected chi connectivity index (χ1v) is 6.49. The normalized spacial score (nSPS) is 11.3. The van der Waals surface area contributed by atoms with Crippen molar-refractivity contribution in [2.75, 3.05) is 5.32 Å². The first-order valence-electron chi connectivity index (χ1n) is 5.70. The van der Waals surface area contributed by atoms with Gasteiger partial charge in [-0.2, -0.15) is 0 Å². The van der Waals surface area contributed by atoms with Gasteiger partial charge in [-0.3, -0.25) is 4.79 Å². The van der Waals surface area contributed by atoms with Crippen LogP contribution in [0.15, 0.2) is 50.8 Å². The Bertz CT molecular complexity index is 635. The number of hydrogen-bond acceptors (Lipinski definition) is 4. The van der Waals surface area contributed by atoms with Gasteiger partial charge < -0.3 is 20.7 Å². The van der Waals surface area contributed by atoms with E-state index in [0.29, 0.717) is 22.3 Å². The van der Waals surface area contributed by atoms with Crippen molar-refractivity contribution in [2.45, 2.75) is 6.42 Å². The van der Waals surface area contributed by atoms with Crippen LogP contribution in [0.1, 0.15) is 15.9 Å². The van der Waals surface area contributed by atoms with Gasteiger partial charge in [0.2, 0.25) is 0 Å². The maximum atomic E-state index is 11.9. The second-order valence-corrected chi connectivity index (χ2v) is 4.75. The lowest BCUT2D eigenvalue weighted by Crippen LogP contribution is -2.15. The molecule has 7 heteroatoms. The molecule has 0 aliphatic heterocycles. The molecule has 0 fully saturated rings. The van der Waals surface area contributed by atoms with Crippen molar-refractivity contribution in [3.05, 3.63) is 52.4 Å². The topological polar surface area (TPSA) is 101 Å². The third-order valence-corrected chi connectivity index (χ3v) is 3.20. The third-order valence-electron chi connectivity index (χ3n) is 2.59. The molecule has 1 aromatic heterocycles. The fourth-order valence-corrected chi connectivity index (χ4v) is 2.02. The van der Waals surface area contributed by atoms with Crippen molar-refractivity contribution in [2.24, 2.45) is 10.9 Å². The van der Waals surface area contributed by atoms with Gasteiger partial charge in [-0.1, -0.05) is 17.3 Å². The van der Waals surface area contributed by atoms with E-state index in [9.17, 15) is 4.79 Å². The Balaban J connectivity index is 2.04. The minimum Gasteiger partial charge on any atom is -0.457 e. The van der Waals surface area contributed by atoms with E-state index in [2.05, 4.69) is 26.4 Å². The summed E-state index contributed by atoms with van der Waals surface area (Å²) in [5.41, 5.74) is 7.36. The van der Waals surface area contributed by atoms with Crippen molar-refractivity contribution < 1.29 is 14.4 Å². The summed E-state index contributed by atoms with van der Waals surface area (Å²) >= 11 is 3.15. The maximum absolute atomic E-state index is 11.9. The molecule has 1 amide bonds. The monoisotopic (exact) mass is 337 g/mol. The number of rotatable bonds is 4. The maximum Gasteiger partial charge on any atom is 0.260 e. The number of nitrogens with two attached hydrogens (primary N) is 1. The van der Waals surface area contributed by atoms with Gasteiger partial charge in [0.05, 0.1) is 11.8 Å². The second kappa shape index (κ2) is 6.25. The number of benzene rings is 1. The molecule has 6 nitrogen and oxygen atoms in total. The van der Waals surface area contributed by atoms with Gasteiger partial charge in [0.25, 0.3) is 5.91 Å². The molecule has 20 heavy (non-hydrogen) atoms. The van der Waals surface area contributed by atoms with Crippen LogP contribution in [0.5, 0.6) is 0 Å². The Kier molecular flexibility index (Phi) is 4.41. The molecule has 0 unspecified atom stereocenters. The first kappa shape index (κ1) is 14.1. The fourth-order valence-electron chi connectivity index (χ4n) is 1.60. The highest BCUT2D eigenvalue weighted by Gasteiger charge is 2.12. The molecule has 0 saturated heterocycles. The van der Waals surface area contributed by atoms with Crippen LogP contribution in [0.4, 0.5) is 5.69 Å². The zero-order valence-electron chi connectivity index (χ0n) is 10.3.